The van der Waals surface area contributed by atoms with Crippen molar-refractivity contribution in [3.05, 3.63) is 29.6 Å². The number of carbonyl (C=O) groups excluding carboxylic acids is 2. The number of nitrogens with zero attached hydrogens (tertiary/aromatic N) is 1. The normalized spacial score (nSPS) is 10.6. The molecule has 0 aliphatic heterocycles. The van der Waals surface area contributed by atoms with Crippen LogP contribution in [-0.4, -0.2) is 56.6 Å². The summed E-state index contributed by atoms with van der Waals surface area (Å²) in [5.74, 6) is -5.51. The van der Waals surface area contributed by atoms with Crippen molar-refractivity contribution in [2.45, 2.75) is 13.3 Å². The molecule has 0 saturated carbocycles. The monoisotopic (exact) mass is 361 g/mol. The van der Waals surface area contributed by atoms with Gasteiger partial charge in [0.2, 0.25) is 11.8 Å². The van der Waals surface area contributed by atoms with E-state index in [0.29, 0.717) is 32.2 Å². The highest BCUT2D eigenvalue weighted by molar-refractivity contribution is 5.94. The predicted octanol–water partition coefficient (Wildman–Crippen LogP) is 1.52. The number of hydrogen-bond acceptors (Lipinski definition) is 4. The molecule has 0 aliphatic carbocycles. The van der Waals surface area contributed by atoms with Crippen LogP contribution in [0.4, 0.5) is 18.9 Å². The molecule has 1 rings (SSSR count). The molecule has 0 radical (unpaired) electrons. The highest BCUT2D eigenvalue weighted by atomic mass is 19.2. The van der Waals surface area contributed by atoms with Crippen LogP contribution in [0.2, 0.25) is 0 Å². The summed E-state index contributed by atoms with van der Waals surface area (Å²) in [5.41, 5.74) is -0.481. The minimum absolute atomic E-state index is 0.0240. The van der Waals surface area contributed by atoms with E-state index < -0.39 is 29.0 Å². The van der Waals surface area contributed by atoms with Crippen LogP contribution in [-0.2, 0) is 14.3 Å². The van der Waals surface area contributed by atoms with Gasteiger partial charge < -0.3 is 20.3 Å². The molecular formula is C16H22F3N3O3. The smallest absolute Gasteiger partial charge is 0.244 e. The first-order chi connectivity index (χ1) is 11.9. The maximum Gasteiger partial charge on any atom is 0.244 e. The lowest BCUT2D eigenvalue weighted by atomic mass is 10.2. The number of amides is 2. The Bertz CT molecular complexity index is 599. The molecule has 25 heavy (non-hydrogen) atoms. The van der Waals surface area contributed by atoms with E-state index in [9.17, 15) is 22.8 Å². The van der Waals surface area contributed by atoms with Crippen molar-refractivity contribution in [3.8, 4) is 0 Å². The van der Waals surface area contributed by atoms with Gasteiger partial charge in [-0.05, 0) is 18.6 Å². The van der Waals surface area contributed by atoms with Gasteiger partial charge in [0.15, 0.2) is 17.5 Å². The summed E-state index contributed by atoms with van der Waals surface area (Å²) in [4.78, 5) is 25.4. The summed E-state index contributed by atoms with van der Waals surface area (Å²) >= 11 is 0. The lowest BCUT2D eigenvalue weighted by Gasteiger charge is -2.22. The zero-order valence-corrected chi connectivity index (χ0v) is 14.2. The molecule has 0 spiro atoms. The van der Waals surface area contributed by atoms with Gasteiger partial charge >= 0.3 is 0 Å². The van der Waals surface area contributed by atoms with Gasteiger partial charge in [-0.1, -0.05) is 6.92 Å². The quantitative estimate of drug-likeness (QED) is 0.490. The minimum Gasteiger partial charge on any atom is -0.383 e. The third kappa shape index (κ3) is 6.71. The number of rotatable bonds is 10. The van der Waals surface area contributed by atoms with Crippen LogP contribution in [0.5, 0.6) is 0 Å². The van der Waals surface area contributed by atoms with Crippen LogP contribution in [0.15, 0.2) is 12.1 Å². The van der Waals surface area contributed by atoms with Crippen molar-refractivity contribution in [1.82, 2.24) is 10.2 Å². The Balaban J connectivity index is 2.64. The summed E-state index contributed by atoms with van der Waals surface area (Å²) < 4.78 is 44.5. The fourth-order valence-electron chi connectivity index (χ4n) is 2.03. The number of anilines is 1. The molecule has 0 bridgehead atoms. The SMILES string of the molecule is CCCN(CC(=O)Nc1ccc(F)c(F)c1F)C(=O)CNCCOC. The van der Waals surface area contributed by atoms with E-state index in [1.54, 1.807) is 0 Å². The van der Waals surface area contributed by atoms with Crippen LogP contribution >= 0.6 is 0 Å². The average Bonchev–Trinajstić information content (AvgIpc) is 2.58. The number of carbonyl (C=O) groups is 2. The molecule has 2 amide bonds. The number of ether oxygens (including phenoxy) is 1. The van der Waals surface area contributed by atoms with Gasteiger partial charge in [-0.25, -0.2) is 13.2 Å². The zero-order valence-electron chi connectivity index (χ0n) is 14.2. The van der Waals surface area contributed by atoms with Crippen molar-refractivity contribution in [2.75, 3.05) is 45.2 Å². The van der Waals surface area contributed by atoms with Gasteiger partial charge in [0, 0.05) is 20.2 Å². The molecule has 0 aliphatic rings. The first-order valence-electron chi connectivity index (χ1n) is 7.81. The lowest BCUT2D eigenvalue weighted by Crippen LogP contribution is -2.43. The number of nitrogens with one attached hydrogen (secondary N) is 2. The molecule has 0 saturated heterocycles. The molecule has 0 fully saturated rings. The molecule has 0 heterocycles. The molecule has 0 unspecified atom stereocenters. The lowest BCUT2D eigenvalue weighted by molar-refractivity contribution is -0.133. The molecular weight excluding hydrogens is 339 g/mol. The first kappa shape index (κ1) is 20.9. The largest absolute Gasteiger partial charge is 0.383 e. The van der Waals surface area contributed by atoms with Gasteiger partial charge in [-0.2, -0.15) is 0 Å². The van der Waals surface area contributed by atoms with E-state index in [-0.39, 0.29) is 19.0 Å². The highest BCUT2D eigenvalue weighted by Crippen LogP contribution is 2.19. The Morgan fingerprint density at radius 3 is 2.56 bits per heavy atom. The second-order valence-corrected chi connectivity index (χ2v) is 5.26. The number of methoxy groups -OCH3 is 1. The number of halogens is 3. The Morgan fingerprint density at radius 2 is 1.92 bits per heavy atom. The summed E-state index contributed by atoms with van der Waals surface area (Å²) in [6.45, 7) is 2.79. The Labute approximate surface area is 144 Å². The fourth-order valence-corrected chi connectivity index (χ4v) is 2.03. The van der Waals surface area contributed by atoms with Crippen molar-refractivity contribution >= 4 is 17.5 Å². The van der Waals surface area contributed by atoms with Gasteiger partial charge in [0.05, 0.1) is 25.4 Å². The van der Waals surface area contributed by atoms with Gasteiger partial charge in [-0.15, -0.1) is 0 Å². The number of benzene rings is 1. The highest BCUT2D eigenvalue weighted by Gasteiger charge is 2.19. The van der Waals surface area contributed by atoms with Crippen LogP contribution in [0.1, 0.15) is 13.3 Å². The van der Waals surface area contributed by atoms with Crippen LogP contribution in [0.25, 0.3) is 0 Å². The van der Waals surface area contributed by atoms with Crippen molar-refractivity contribution in [3.63, 3.8) is 0 Å². The average molecular weight is 361 g/mol. The van der Waals surface area contributed by atoms with Gasteiger partial charge in [0.1, 0.15) is 0 Å². The van der Waals surface area contributed by atoms with Crippen LogP contribution in [0.3, 0.4) is 0 Å². The van der Waals surface area contributed by atoms with E-state index in [1.807, 2.05) is 6.92 Å². The maximum absolute atomic E-state index is 13.6. The maximum atomic E-state index is 13.6. The molecule has 2 N–H and O–H groups in total. The van der Waals surface area contributed by atoms with Crippen LogP contribution < -0.4 is 10.6 Å². The first-order valence-corrected chi connectivity index (χ1v) is 7.81. The summed E-state index contributed by atoms with van der Waals surface area (Å²) in [6, 6.07) is 1.63. The van der Waals surface area contributed by atoms with E-state index in [4.69, 9.17) is 4.74 Å². The summed E-state index contributed by atoms with van der Waals surface area (Å²) in [6.07, 6.45) is 0.622. The van der Waals surface area contributed by atoms with Gasteiger partial charge in [-0.3, -0.25) is 9.59 Å². The van der Waals surface area contributed by atoms with Crippen LogP contribution in [0, 0.1) is 17.5 Å². The van der Waals surface area contributed by atoms with Crippen molar-refractivity contribution in [2.24, 2.45) is 0 Å². The minimum atomic E-state index is -1.67. The predicted molar refractivity (Wildman–Crippen MR) is 86.6 cm³/mol. The molecule has 140 valence electrons. The third-order valence-electron chi connectivity index (χ3n) is 3.25. The molecule has 0 atom stereocenters. The van der Waals surface area contributed by atoms with E-state index in [0.717, 1.165) is 6.07 Å². The summed E-state index contributed by atoms with van der Waals surface area (Å²) in [5, 5.41) is 5.02. The fraction of sp³-hybridized carbons (Fsp3) is 0.500. The summed E-state index contributed by atoms with van der Waals surface area (Å²) in [7, 11) is 1.54. The molecule has 0 aromatic heterocycles. The van der Waals surface area contributed by atoms with E-state index in [2.05, 4.69) is 10.6 Å². The van der Waals surface area contributed by atoms with Crippen molar-refractivity contribution < 1.29 is 27.5 Å². The number of hydrogen-bond donors (Lipinski definition) is 2. The molecule has 1 aromatic rings. The Kier molecular flexibility index (Phi) is 8.93. The standard InChI is InChI=1S/C16H22F3N3O3/c1-3-7-22(14(24)9-20-6-8-25-2)10-13(23)21-12-5-4-11(17)15(18)16(12)19/h4-5,20H,3,6-10H2,1-2H3,(H,21,23). The van der Waals surface area contributed by atoms with Crippen molar-refractivity contribution in [1.29, 1.82) is 0 Å². The van der Waals surface area contributed by atoms with E-state index >= 15 is 0 Å². The Morgan fingerprint density at radius 1 is 1.20 bits per heavy atom. The molecule has 6 nitrogen and oxygen atoms in total. The topological polar surface area (TPSA) is 70.7 Å². The zero-order chi connectivity index (χ0) is 18.8. The van der Waals surface area contributed by atoms with E-state index in [1.165, 1.54) is 12.0 Å². The van der Waals surface area contributed by atoms with Gasteiger partial charge in [0.25, 0.3) is 0 Å². The molecule has 9 heteroatoms. The third-order valence-corrected chi connectivity index (χ3v) is 3.25. The second kappa shape index (κ2) is 10.7. The molecule has 1 aromatic carbocycles. The Hall–Kier alpha value is -2.13. The second-order valence-electron chi connectivity index (χ2n) is 5.26.